The van der Waals surface area contributed by atoms with Gasteiger partial charge in [-0.15, -0.1) is 11.3 Å². The van der Waals surface area contributed by atoms with E-state index >= 15 is 0 Å². The fraction of sp³-hybridized carbons (Fsp3) is 0.733. The zero-order valence-corrected chi connectivity index (χ0v) is 14.3. The van der Waals surface area contributed by atoms with Gasteiger partial charge in [0.25, 0.3) is 0 Å². The van der Waals surface area contributed by atoms with Crippen molar-refractivity contribution >= 4 is 21.4 Å². The molecule has 3 rings (SSSR count). The molecule has 2 N–H and O–H groups in total. The van der Waals surface area contributed by atoms with E-state index in [2.05, 4.69) is 17.0 Å². The Bertz CT molecular complexity index is 589. The standard InChI is InChI=1S/C15H24N2O2S2/c1-3-16-9-13-10(2)8-14(20-13)21(18,19)17-15(11-4-5-11)12-6-7-12/h8,11-12,15-17H,3-7,9H2,1-2H3. The minimum Gasteiger partial charge on any atom is -0.312 e. The molecule has 1 heterocycles. The molecule has 2 saturated carbocycles. The summed E-state index contributed by atoms with van der Waals surface area (Å²) in [6, 6.07) is 1.99. The van der Waals surface area contributed by atoms with Crippen LogP contribution in [0.2, 0.25) is 0 Å². The summed E-state index contributed by atoms with van der Waals surface area (Å²) in [5, 5.41) is 3.26. The number of thiophene rings is 1. The number of aryl methyl sites for hydroxylation is 1. The molecule has 0 radical (unpaired) electrons. The molecule has 2 aliphatic rings. The lowest BCUT2D eigenvalue weighted by molar-refractivity contribution is 0.472. The van der Waals surface area contributed by atoms with Crippen LogP contribution >= 0.6 is 11.3 Å². The van der Waals surface area contributed by atoms with Gasteiger partial charge in [0, 0.05) is 17.5 Å². The fourth-order valence-corrected chi connectivity index (χ4v) is 5.71. The summed E-state index contributed by atoms with van der Waals surface area (Å²) < 4.78 is 28.7. The van der Waals surface area contributed by atoms with E-state index in [1.54, 1.807) is 0 Å². The Hall–Kier alpha value is -0.430. The van der Waals surface area contributed by atoms with Gasteiger partial charge in [0.15, 0.2) is 0 Å². The first-order valence-electron chi connectivity index (χ1n) is 7.83. The van der Waals surface area contributed by atoms with Crippen molar-refractivity contribution in [2.24, 2.45) is 11.8 Å². The van der Waals surface area contributed by atoms with Crippen LogP contribution in [0, 0.1) is 18.8 Å². The number of rotatable bonds is 8. The van der Waals surface area contributed by atoms with Crippen LogP contribution in [0.4, 0.5) is 0 Å². The van der Waals surface area contributed by atoms with E-state index in [-0.39, 0.29) is 6.04 Å². The van der Waals surface area contributed by atoms with E-state index in [0.29, 0.717) is 16.0 Å². The lowest BCUT2D eigenvalue weighted by Crippen LogP contribution is -2.37. The van der Waals surface area contributed by atoms with E-state index in [9.17, 15) is 8.42 Å². The molecule has 21 heavy (non-hydrogen) atoms. The molecule has 6 heteroatoms. The van der Waals surface area contributed by atoms with E-state index in [4.69, 9.17) is 0 Å². The van der Waals surface area contributed by atoms with Gasteiger partial charge in [0.2, 0.25) is 10.0 Å². The Morgan fingerprint density at radius 1 is 1.29 bits per heavy atom. The van der Waals surface area contributed by atoms with Gasteiger partial charge < -0.3 is 5.32 Å². The molecule has 0 aromatic carbocycles. The number of nitrogens with one attached hydrogen (secondary N) is 2. The predicted octanol–water partition coefficient (Wildman–Crippen LogP) is 2.63. The normalized spacial score (nSPS) is 19.4. The van der Waals surface area contributed by atoms with Crippen molar-refractivity contribution in [3.8, 4) is 0 Å². The Labute approximate surface area is 131 Å². The highest BCUT2D eigenvalue weighted by Crippen LogP contribution is 2.45. The number of hydrogen-bond acceptors (Lipinski definition) is 4. The van der Waals surface area contributed by atoms with Gasteiger partial charge in [0.05, 0.1) is 0 Å². The van der Waals surface area contributed by atoms with E-state index in [1.165, 1.54) is 37.0 Å². The first kappa shape index (κ1) is 15.5. The quantitative estimate of drug-likeness (QED) is 0.771. The van der Waals surface area contributed by atoms with Crippen molar-refractivity contribution in [1.29, 1.82) is 0 Å². The number of sulfonamides is 1. The van der Waals surface area contributed by atoms with Crippen LogP contribution < -0.4 is 10.0 Å². The molecule has 0 bridgehead atoms. The second-order valence-corrected chi connectivity index (χ2v) is 9.35. The molecular weight excluding hydrogens is 304 g/mol. The molecular formula is C15H24N2O2S2. The minimum absolute atomic E-state index is 0.176. The SMILES string of the molecule is CCNCc1sc(S(=O)(=O)NC(C2CC2)C2CC2)cc1C. The van der Waals surface area contributed by atoms with Gasteiger partial charge in [-0.2, -0.15) is 0 Å². The molecule has 0 unspecified atom stereocenters. The maximum Gasteiger partial charge on any atom is 0.250 e. The molecule has 2 fully saturated rings. The van der Waals surface area contributed by atoms with Gasteiger partial charge in [-0.25, -0.2) is 13.1 Å². The van der Waals surface area contributed by atoms with E-state index in [0.717, 1.165) is 23.5 Å². The third kappa shape index (κ3) is 3.67. The summed E-state index contributed by atoms with van der Waals surface area (Å²) in [7, 11) is -3.36. The van der Waals surface area contributed by atoms with Crippen LogP contribution in [-0.4, -0.2) is 21.0 Å². The highest BCUT2D eigenvalue weighted by molar-refractivity contribution is 7.91. The summed E-state index contributed by atoms with van der Waals surface area (Å²) in [4.78, 5) is 1.12. The molecule has 1 aromatic heterocycles. The minimum atomic E-state index is -3.36. The van der Waals surface area contributed by atoms with Crippen molar-refractivity contribution in [2.75, 3.05) is 6.54 Å². The number of hydrogen-bond donors (Lipinski definition) is 2. The fourth-order valence-electron chi connectivity index (χ4n) is 2.76. The molecule has 1 aromatic rings. The van der Waals surface area contributed by atoms with Gasteiger partial charge >= 0.3 is 0 Å². The summed E-state index contributed by atoms with van der Waals surface area (Å²) in [5.74, 6) is 1.16. The van der Waals surface area contributed by atoms with E-state index < -0.39 is 10.0 Å². The molecule has 0 saturated heterocycles. The highest BCUT2D eigenvalue weighted by Gasteiger charge is 2.43. The molecule has 0 amide bonds. The summed E-state index contributed by atoms with van der Waals surface area (Å²) in [6.07, 6.45) is 4.72. The largest absolute Gasteiger partial charge is 0.312 e. The van der Waals surface area contributed by atoms with Crippen LogP contribution in [0.15, 0.2) is 10.3 Å². The predicted molar refractivity (Wildman–Crippen MR) is 86.0 cm³/mol. The van der Waals surface area contributed by atoms with Crippen molar-refractivity contribution in [2.45, 2.75) is 56.3 Å². The average Bonchev–Trinajstić information content (AvgIpc) is 3.33. The molecule has 118 valence electrons. The molecule has 2 aliphatic carbocycles. The van der Waals surface area contributed by atoms with Gasteiger partial charge in [-0.1, -0.05) is 6.92 Å². The Morgan fingerprint density at radius 3 is 2.43 bits per heavy atom. The van der Waals surface area contributed by atoms with Gasteiger partial charge in [-0.05, 0) is 62.6 Å². The average molecular weight is 329 g/mol. The van der Waals surface area contributed by atoms with Crippen LogP contribution in [0.1, 0.15) is 43.0 Å². The molecule has 0 aliphatic heterocycles. The highest BCUT2D eigenvalue weighted by atomic mass is 32.2. The lowest BCUT2D eigenvalue weighted by Gasteiger charge is -2.16. The maximum absolute atomic E-state index is 12.6. The van der Waals surface area contributed by atoms with Gasteiger partial charge in [-0.3, -0.25) is 0 Å². The van der Waals surface area contributed by atoms with Crippen molar-refractivity contribution < 1.29 is 8.42 Å². The second-order valence-electron chi connectivity index (χ2n) is 6.27. The third-order valence-electron chi connectivity index (χ3n) is 4.35. The summed E-state index contributed by atoms with van der Waals surface area (Å²) >= 11 is 1.40. The third-order valence-corrected chi connectivity index (χ3v) is 7.52. The first-order chi connectivity index (χ1) is 10.0. The van der Waals surface area contributed by atoms with Crippen LogP contribution in [0.25, 0.3) is 0 Å². The van der Waals surface area contributed by atoms with Crippen LogP contribution in [-0.2, 0) is 16.6 Å². The van der Waals surface area contributed by atoms with Crippen molar-refractivity contribution in [3.63, 3.8) is 0 Å². The van der Waals surface area contributed by atoms with E-state index in [1.807, 2.05) is 13.0 Å². The summed E-state index contributed by atoms with van der Waals surface area (Å²) in [6.45, 7) is 5.68. The first-order valence-corrected chi connectivity index (χ1v) is 10.1. The lowest BCUT2D eigenvalue weighted by atomic mass is 10.1. The Morgan fingerprint density at radius 2 is 1.90 bits per heavy atom. The van der Waals surface area contributed by atoms with Crippen LogP contribution in [0.5, 0.6) is 0 Å². The zero-order valence-electron chi connectivity index (χ0n) is 12.7. The maximum atomic E-state index is 12.6. The van der Waals surface area contributed by atoms with Crippen LogP contribution in [0.3, 0.4) is 0 Å². The Balaban J connectivity index is 1.74. The monoisotopic (exact) mass is 328 g/mol. The molecule has 0 spiro atoms. The Kier molecular flexibility index (Phi) is 4.41. The topological polar surface area (TPSA) is 58.2 Å². The zero-order chi connectivity index (χ0) is 15.0. The van der Waals surface area contributed by atoms with Gasteiger partial charge in [0.1, 0.15) is 4.21 Å². The van der Waals surface area contributed by atoms with Crippen molar-refractivity contribution in [3.05, 3.63) is 16.5 Å². The smallest absolute Gasteiger partial charge is 0.250 e. The second kappa shape index (κ2) is 5.99. The molecule has 0 atom stereocenters. The summed E-state index contributed by atoms with van der Waals surface area (Å²) in [5.41, 5.74) is 1.07. The van der Waals surface area contributed by atoms with Crippen molar-refractivity contribution in [1.82, 2.24) is 10.0 Å². The molecule has 4 nitrogen and oxygen atoms in total.